The van der Waals surface area contributed by atoms with Crippen molar-refractivity contribution in [2.45, 2.75) is 49.0 Å². The van der Waals surface area contributed by atoms with Crippen LogP contribution >= 0.6 is 57.5 Å². The molecule has 0 radical (unpaired) electrons. The second-order valence-electron chi connectivity index (χ2n) is 14.4. The number of sulfonamides is 2. The van der Waals surface area contributed by atoms with Crippen LogP contribution < -0.4 is 9.03 Å². The van der Waals surface area contributed by atoms with Crippen LogP contribution in [0.1, 0.15) is 29.2 Å². The normalized spacial score (nSPS) is 15.3. The van der Waals surface area contributed by atoms with Gasteiger partial charge in [0.05, 0.1) is 53.9 Å². The maximum absolute atomic E-state index is 14.4. The minimum Gasteiger partial charge on any atom is -0.441 e. The summed E-state index contributed by atoms with van der Waals surface area (Å²) in [6, 6.07) is 11.9. The van der Waals surface area contributed by atoms with E-state index in [0.29, 0.717) is 52.3 Å². The number of hydrogen-bond acceptors (Lipinski definition) is 11. The van der Waals surface area contributed by atoms with Gasteiger partial charge < -0.3 is 24.2 Å². The molecule has 0 spiro atoms. The molecule has 2 aromatic heterocycles. The quantitative estimate of drug-likeness (QED) is 0.152. The Morgan fingerprint density at radius 3 is 2.08 bits per heavy atom. The van der Waals surface area contributed by atoms with E-state index in [0.717, 1.165) is 4.31 Å². The van der Waals surface area contributed by atoms with E-state index in [-0.39, 0.29) is 82.9 Å². The number of nitrogens with one attached hydrogen (secondary N) is 1. The number of anilines is 2. The molecule has 318 valence electrons. The number of thiophene rings is 2. The van der Waals surface area contributed by atoms with Gasteiger partial charge >= 0.3 is 6.09 Å². The summed E-state index contributed by atoms with van der Waals surface area (Å²) >= 11 is 21.2. The molecule has 2 saturated heterocycles. The van der Waals surface area contributed by atoms with Crippen LogP contribution in [-0.2, 0) is 52.0 Å². The van der Waals surface area contributed by atoms with Crippen LogP contribution in [0.25, 0.3) is 0 Å². The molecule has 0 bridgehead atoms. The smallest absolute Gasteiger partial charge is 0.410 e. The van der Waals surface area contributed by atoms with Crippen LogP contribution in [-0.4, -0.2) is 114 Å². The first-order valence-corrected chi connectivity index (χ1v) is 24.2. The van der Waals surface area contributed by atoms with E-state index in [4.69, 9.17) is 44.3 Å². The molecule has 0 atom stereocenters. The number of carbonyl (C=O) groups is 3. The van der Waals surface area contributed by atoms with Crippen molar-refractivity contribution in [1.29, 1.82) is 0 Å². The van der Waals surface area contributed by atoms with E-state index < -0.39 is 31.7 Å². The maximum atomic E-state index is 14.4. The number of benzene rings is 2. The number of rotatable bonds is 13. The van der Waals surface area contributed by atoms with Crippen LogP contribution in [0.3, 0.4) is 0 Å². The standard InChI is InChI=1S/C38H42Cl3N5O9S4/c1-25-27(40)5-4-6-33(25)58(50,51)42-29-9-19-56-31(29)22-35(47)43-11-13-45(14-12-43)37(49)55-38(2,3)24-46(59(52,53)34-8-7-26(39)21-28(34)41)30-10-20-57-32(30)23-36(48)44-15-17-54-18-16-44/h4-10,19-21,42H,11-18,22-24H2,1-3H3. The first-order chi connectivity index (χ1) is 27.9. The van der Waals surface area contributed by atoms with Crippen molar-refractivity contribution < 1.29 is 40.7 Å². The molecule has 2 aromatic carbocycles. The lowest BCUT2D eigenvalue weighted by molar-refractivity contribution is -0.134. The minimum atomic E-state index is -4.41. The topological polar surface area (TPSA) is 163 Å². The molecular formula is C38H42Cl3N5O9S4. The lowest BCUT2D eigenvalue weighted by Crippen LogP contribution is -2.53. The van der Waals surface area contributed by atoms with Crippen molar-refractivity contribution in [3.63, 3.8) is 0 Å². The second kappa shape index (κ2) is 18.6. The lowest BCUT2D eigenvalue weighted by Gasteiger charge is -2.38. The number of hydrogen-bond donors (Lipinski definition) is 1. The molecule has 0 saturated carbocycles. The van der Waals surface area contributed by atoms with Crippen LogP contribution in [0.5, 0.6) is 0 Å². The molecule has 21 heteroatoms. The first-order valence-electron chi connectivity index (χ1n) is 18.4. The van der Waals surface area contributed by atoms with E-state index in [1.165, 1.54) is 51.8 Å². The predicted molar refractivity (Wildman–Crippen MR) is 230 cm³/mol. The van der Waals surface area contributed by atoms with E-state index in [1.807, 2.05) is 0 Å². The van der Waals surface area contributed by atoms with Gasteiger partial charge in [-0.15, -0.1) is 22.7 Å². The van der Waals surface area contributed by atoms with Crippen molar-refractivity contribution in [2.24, 2.45) is 0 Å². The SMILES string of the molecule is Cc1c(Cl)cccc1S(=O)(=O)Nc1ccsc1CC(=O)N1CCN(C(=O)OC(C)(C)CN(c2ccsc2CC(=O)N2CCOCC2)S(=O)(=O)c2ccc(Cl)cc2Cl)CC1. The molecule has 0 unspecified atom stereocenters. The summed E-state index contributed by atoms with van der Waals surface area (Å²) in [5.41, 5.74) is -0.459. The maximum Gasteiger partial charge on any atom is 0.410 e. The van der Waals surface area contributed by atoms with Crippen molar-refractivity contribution in [3.8, 4) is 0 Å². The molecule has 1 N–H and O–H groups in total. The molecule has 3 amide bonds. The second-order valence-corrected chi connectivity index (χ2v) is 21.1. The number of piperazine rings is 1. The Bertz CT molecular complexity index is 2430. The van der Waals surface area contributed by atoms with Gasteiger partial charge in [-0.25, -0.2) is 21.6 Å². The fourth-order valence-electron chi connectivity index (χ4n) is 6.57. The van der Waals surface area contributed by atoms with Crippen LogP contribution in [0.15, 0.2) is 69.1 Å². The summed E-state index contributed by atoms with van der Waals surface area (Å²) in [5.74, 6) is -0.424. The Labute approximate surface area is 366 Å². The van der Waals surface area contributed by atoms with Gasteiger partial charge in [0, 0.05) is 59.1 Å². The zero-order chi connectivity index (χ0) is 42.7. The van der Waals surface area contributed by atoms with Crippen molar-refractivity contribution in [3.05, 3.63) is 89.7 Å². The molecule has 59 heavy (non-hydrogen) atoms. The molecule has 4 aromatic rings. The summed E-state index contributed by atoms with van der Waals surface area (Å²) in [6.07, 6.45) is -0.822. The zero-order valence-corrected chi connectivity index (χ0v) is 37.8. The average molecular weight is 947 g/mol. The summed E-state index contributed by atoms with van der Waals surface area (Å²) in [6.45, 7) is 6.79. The third kappa shape index (κ3) is 10.6. The first kappa shape index (κ1) is 44.9. The number of morpholine rings is 1. The summed E-state index contributed by atoms with van der Waals surface area (Å²) in [4.78, 5) is 45.9. The Kier molecular flexibility index (Phi) is 14.1. The highest BCUT2D eigenvalue weighted by Gasteiger charge is 2.38. The van der Waals surface area contributed by atoms with E-state index in [9.17, 15) is 31.2 Å². The van der Waals surface area contributed by atoms with Gasteiger partial charge in [0.2, 0.25) is 11.8 Å². The highest BCUT2D eigenvalue weighted by atomic mass is 35.5. The Morgan fingerprint density at radius 2 is 1.41 bits per heavy atom. The number of carbonyl (C=O) groups excluding carboxylic acids is 3. The van der Waals surface area contributed by atoms with E-state index >= 15 is 0 Å². The van der Waals surface area contributed by atoms with Crippen molar-refractivity contribution in [2.75, 3.05) is 68.1 Å². The largest absolute Gasteiger partial charge is 0.441 e. The van der Waals surface area contributed by atoms with Gasteiger partial charge in [-0.2, -0.15) is 0 Å². The number of halogens is 3. The zero-order valence-electron chi connectivity index (χ0n) is 32.3. The average Bonchev–Trinajstić information content (AvgIpc) is 3.83. The Hall–Kier alpha value is -3.62. The highest BCUT2D eigenvalue weighted by Crippen LogP contribution is 2.37. The number of ether oxygens (including phenoxy) is 2. The van der Waals surface area contributed by atoms with Crippen molar-refractivity contribution in [1.82, 2.24) is 14.7 Å². The van der Waals surface area contributed by atoms with Crippen molar-refractivity contribution >= 4 is 107 Å². The monoisotopic (exact) mass is 945 g/mol. The lowest BCUT2D eigenvalue weighted by atomic mass is 10.1. The highest BCUT2D eigenvalue weighted by molar-refractivity contribution is 7.93. The van der Waals surface area contributed by atoms with E-state index in [2.05, 4.69) is 4.72 Å². The molecule has 2 aliphatic heterocycles. The van der Waals surface area contributed by atoms with Gasteiger partial charge in [-0.3, -0.25) is 18.6 Å². The van der Waals surface area contributed by atoms with Gasteiger partial charge in [0.15, 0.2) is 0 Å². The van der Waals surface area contributed by atoms with Crippen LogP contribution in [0.4, 0.5) is 16.2 Å². The summed E-state index contributed by atoms with van der Waals surface area (Å²) in [7, 11) is -8.39. The molecular weight excluding hydrogens is 905 g/mol. The van der Waals surface area contributed by atoms with Gasteiger partial charge in [0.25, 0.3) is 20.0 Å². The van der Waals surface area contributed by atoms with Crippen LogP contribution in [0, 0.1) is 6.92 Å². The Morgan fingerprint density at radius 1 is 0.797 bits per heavy atom. The number of amides is 3. The minimum absolute atomic E-state index is 0.0344. The molecule has 6 rings (SSSR count). The van der Waals surface area contributed by atoms with Crippen LogP contribution in [0.2, 0.25) is 15.1 Å². The summed E-state index contributed by atoms with van der Waals surface area (Å²) in [5, 5.41) is 3.85. The number of nitrogens with zero attached hydrogens (tertiary/aromatic N) is 4. The van der Waals surface area contributed by atoms with Gasteiger partial charge in [-0.05, 0) is 79.6 Å². The van der Waals surface area contributed by atoms with E-state index in [1.54, 1.807) is 65.6 Å². The molecule has 2 aliphatic rings. The Balaban J connectivity index is 1.11. The molecule has 2 fully saturated rings. The third-order valence-corrected chi connectivity index (χ3v) is 15.9. The van der Waals surface area contributed by atoms with Gasteiger partial charge in [0.1, 0.15) is 10.5 Å². The molecule has 14 nitrogen and oxygen atoms in total. The molecule has 0 aliphatic carbocycles. The van der Waals surface area contributed by atoms with Gasteiger partial charge in [-0.1, -0.05) is 40.9 Å². The third-order valence-electron chi connectivity index (χ3n) is 9.72. The fraction of sp³-hybridized carbons (Fsp3) is 0.395. The fourth-order valence-corrected chi connectivity index (χ4v) is 12.4. The predicted octanol–water partition coefficient (Wildman–Crippen LogP) is 6.78. The molecule has 4 heterocycles. The summed E-state index contributed by atoms with van der Waals surface area (Å²) < 4.78 is 70.3.